The second-order valence-electron chi connectivity index (χ2n) is 4.00. The molecule has 2 heterocycles. The standard InChI is InChI=1S/C12H14N4O2S/c1-7-16-9(6-19-7)2-3-14-11-10(13)4-8(5-15-11)12(17)18/h4-6H,2-3,13H2,1H3,(H,14,15)(H,17,18). The van der Waals surface area contributed by atoms with Gasteiger partial charge in [0.1, 0.15) is 5.82 Å². The fraction of sp³-hybridized carbons (Fsp3) is 0.250. The number of pyridine rings is 1. The summed E-state index contributed by atoms with van der Waals surface area (Å²) in [5.41, 5.74) is 7.17. The van der Waals surface area contributed by atoms with E-state index in [2.05, 4.69) is 15.3 Å². The van der Waals surface area contributed by atoms with Gasteiger partial charge in [0.2, 0.25) is 0 Å². The molecule has 7 heteroatoms. The molecule has 0 bridgehead atoms. The summed E-state index contributed by atoms with van der Waals surface area (Å²) in [6.45, 7) is 2.61. The van der Waals surface area contributed by atoms with E-state index in [9.17, 15) is 4.79 Å². The number of aromatic nitrogens is 2. The Morgan fingerprint density at radius 2 is 2.37 bits per heavy atom. The fourth-order valence-electron chi connectivity index (χ4n) is 1.58. The minimum atomic E-state index is -1.04. The minimum Gasteiger partial charge on any atom is -0.478 e. The molecule has 2 aromatic rings. The number of hydrogen-bond donors (Lipinski definition) is 3. The van der Waals surface area contributed by atoms with E-state index in [0.29, 0.717) is 18.1 Å². The number of nitrogens with zero attached hydrogens (tertiary/aromatic N) is 2. The van der Waals surface area contributed by atoms with E-state index in [1.807, 2.05) is 12.3 Å². The van der Waals surface area contributed by atoms with Gasteiger partial charge in [0.05, 0.1) is 22.0 Å². The van der Waals surface area contributed by atoms with E-state index < -0.39 is 5.97 Å². The van der Waals surface area contributed by atoms with Crippen LogP contribution in [0.5, 0.6) is 0 Å². The van der Waals surface area contributed by atoms with Crippen molar-refractivity contribution in [3.8, 4) is 0 Å². The third-order valence-corrected chi connectivity index (χ3v) is 3.33. The van der Waals surface area contributed by atoms with E-state index in [-0.39, 0.29) is 5.56 Å². The quantitative estimate of drug-likeness (QED) is 0.770. The molecule has 2 rings (SSSR count). The number of rotatable bonds is 5. The number of carbonyl (C=O) groups is 1. The summed E-state index contributed by atoms with van der Waals surface area (Å²) in [7, 11) is 0. The first-order valence-corrected chi connectivity index (χ1v) is 6.58. The van der Waals surface area contributed by atoms with E-state index in [1.54, 1.807) is 11.3 Å². The monoisotopic (exact) mass is 278 g/mol. The summed E-state index contributed by atoms with van der Waals surface area (Å²) in [5.74, 6) is -0.541. The number of nitrogen functional groups attached to an aromatic ring is 1. The number of thiazole rings is 1. The van der Waals surface area contributed by atoms with Gasteiger partial charge in [-0.05, 0) is 13.0 Å². The molecule has 0 fully saturated rings. The van der Waals surface area contributed by atoms with Crippen molar-refractivity contribution in [3.05, 3.63) is 33.9 Å². The second kappa shape index (κ2) is 5.66. The summed E-state index contributed by atoms with van der Waals surface area (Å²) in [6, 6.07) is 1.39. The lowest BCUT2D eigenvalue weighted by Gasteiger charge is -2.07. The predicted octanol–water partition coefficient (Wildman–Crippen LogP) is 1.78. The van der Waals surface area contributed by atoms with Crippen LogP contribution in [-0.4, -0.2) is 27.6 Å². The number of aryl methyl sites for hydroxylation is 1. The Hall–Kier alpha value is -2.15. The van der Waals surface area contributed by atoms with Crippen molar-refractivity contribution in [2.45, 2.75) is 13.3 Å². The van der Waals surface area contributed by atoms with Crippen LogP contribution in [0.4, 0.5) is 11.5 Å². The lowest BCUT2D eigenvalue weighted by molar-refractivity contribution is 0.0696. The van der Waals surface area contributed by atoms with Gasteiger partial charge < -0.3 is 16.2 Å². The van der Waals surface area contributed by atoms with Crippen LogP contribution in [0.2, 0.25) is 0 Å². The number of aromatic carboxylic acids is 1. The normalized spacial score (nSPS) is 10.4. The third-order valence-electron chi connectivity index (χ3n) is 2.50. The molecule has 0 amide bonds. The molecule has 0 aliphatic heterocycles. The zero-order valence-corrected chi connectivity index (χ0v) is 11.2. The Morgan fingerprint density at radius 3 is 2.95 bits per heavy atom. The molecule has 0 aliphatic carbocycles. The molecule has 6 nitrogen and oxygen atoms in total. The lowest BCUT2D eigenvalue weighted by atomic mass is 10.2. The van der Waals surface area contributed by atoms with Gasteiger partial charge >= 0.3 is 5.97 Å². The highest BCUT2D eigenvalue weighted by Crippen LogP contribution is 2.16. The largest absolute Gasteiger partial charge is 0.478 e. The van der Waals surface area contributed by atoms with Crippen molar-refractivity contribution >= 4 is 28.8 Å². The molecular formula is C12H14N4O2S. The summed E-state index contributed by atoms with van der Waals surface area (Å²) >= 11 is 1.61. The molecule has 0 atom stereocenters. The summed E-state index contributed by atoms with van der Waals surface area (Å²) < 4.78 is 0. The topological polar surface area (TPSA) is 101 Å². The van der Waals surface area contributed by atoms with E-state index in [1.165, 1.54) is 12.3 Å². The third kappa shape index (κ3) is 3.41. The number of hydrogen-bond acceptors (Lipinski definition) is 6. The molecule has 0 aromatic carbocycles. The molecule has 2 aromatic heterocycles. The molecule has 0 spiro atoms. The van der Waals surface area contributed by atoms with Crippen LogP contribution >= 0.6 is 11.3 Å². The first-order chi connectivity index (χ1) is 9.06. The van der Waals surface area contributed by atoms with Crippen LogP contribution in [-0.2, 0) is 6.42 Å². The number of nitrogens with two attached hydrogens (primary N) is 1. The molecule has 0 saturated carbocycles. The Kier molecular flexibility index (Phi) is 3.96. The van der Waals surface area contributed by atoms with Crippen molar-refractivity contribution in [1.82, 2.24) is 9.97 Å². The van der Waals surface area contributed by atoms with Crippen molar-refractivity contribution in [3.63, 3.8) is 0 Å². The average molecular weight is 278 g/mol. The fourth-order valence-corrected chi connectivity index (χ4v) is 2.23. The molecule has 100 valence electrons. The summed E-state index contributed by atoms with van der Waals surface area (Å²) in [5, 5.41) is 14.9. The van der Waals surface area contributed by atoms with E-state index in [0.717, 1.165) is 17.1 Å². The van der Waals surface area contributed by atoms with Gasteiger partial charge in [-0.3, -0.25) is 0 Å². The van der Waals surface area contributed by atoms with Gasteiger partial charge in [-0.15, -0.1) is 11.3 Å². The Bertz CT molecular complexity index is 597. The van der Waals surface area contributed by atoms with Crippen molar-refractivity contribution in [1.29, 1.82) is 0 Å². The molecule has 0 radical (unpaired) electrons. The zero-order valence-electron chi connectivity index (χ0n) is 10.4. The number of carboxylic acid groups (broad SMARTS) is 1. The van der Waals surface area contributed by atoms with Crippen LogP contribution in [0.1, 0.15) is 21.1 Å². The van der Waals surface area contributed by atoms with Crippen LogP contribution in [0.15, 0.2) is 17.6 Å². The van der Waals surface area contributed by atoms with Gasteiger partial charge in [-0.25, -0.2) is 14.8 Å². The maximum Gasteiger partial charge on any atom is 0.337 e. The number of anilines is 2. The van der Waals surface area contributed by atoms with Crippen molar-refractivity contribution in [2.24, 2.45) is 0 Å². The first kappa shape index (κ1) is 13.3. The molecule has 0 unspecified atom stereocenters. The summed E-state index contributed by atoms with van der Waals surface area (Å²) in [4.78, 5) is 19.1. The van der Waals surface area contributed by atoms with Crippen LogP contribution in [0.25, 0.3) is 0 Å². The van der Waals surface area contributed by atoms with E-state index in [4.69, 9.17) is 10.8 Å². The molecule has 4 N–H and O–H groups in total. The Balaban J connectivity index is 1.94. The van der Waals surface area contributed by atoms with Crippen LogP contribution in [0, 0.1) is 6.92 Å². The van der Waals surface area contributed by atoms with Crippen LogP contribution in [0.3, 0.4) is 0 Å². The van der Waals surface area contributed by atoms with Crippen molar-refractivity contribution in [2.75, 3.05) is 17.6 Å². The molecule has 19 heavy (non-hydrogen) atoms. The van der Waals surface area contributed by atoms with Gasteiger partial charge in [-0.2, -0.15) is 0 Å². The van der Waals surface area contributed by atoms with Gasteiger partial charge in [0.25, 0.3) is 0 Å². The maximum absolute atomic E-state index is 10.7. The summed E-state index contributed by atoms with van der Waals surface area (Å²) in [6.07, 6.45) is 2.06. The molecule has 0 aliphatic rings. The maximum atomic E-state index is 10.7. The van der Waals surface area contributed by atoms with Gasteiger partial charge in [0.15, 0.2) is 0 Å². The molecular weight excluding hydrogens is 264 g/mol. The highest BCUT2D eigenvalue weighted by molar-refractivity contribution is 7.09. The van der Waals surface area contributed by atoms with Crippen molar-refractivity contribution < 1.29 is 9.90 Å². The Morgan fingerprint density at radius 1 is 1.58 bits per heavy atom. The smallest absolute Gasteiger partial charge is 0.337 e. The van der Waals surface area contributed by atoms with Crippen LogP contribution < -0.4 is 11.1 Å². The first-order valence-electron chi connectivity index (χ1n) is 5.70. The lowest BCUT2D eigenvalue weighted by Crippen LogP contribution is -2.10. The highest BCUT2D eigenvalue weighted by Gasteiger charge is 2.07. The predicted molar refractivity (Wildman–Crippen MR) is 74.7 cm³/mol. The van der Waals surface area contributed by atoms with Gasteiger partial charge in [0, 0.05) is 24.5 Å². The highest BCUT2D eigenvalue weighted by atomic mass is 32.1. The average Bonchev–Trinajstić information content (AvgIpc) is 2.77. The van der Waals surface area contributed by atoms with Gasteiger partial charge in [-0.1, -0.05) is 0 Å². The SMILES string of the molecule is Cc1nc(CCNc2ncc(C(=O)O)cc2N)cs1. The minimum absolute atomic E-state index is 0.0816. The molecule has 0 saturated heterocycles. The number of nitrogens with one attached hydrogen (secondary N) is 1. The Labute approximate surface area is 114 Å². The number of carboxylic acids is 1. The second-order valence-corrected chi connectivity index (χ2v) is 5.06. The van der Waals surface area contributed by atoms with E-state index >= 15 is 0 Å². The zero-order chi connectivity index (χ0) is 13.8.